The van der Waals surface area contributed by atoms with Crippen LogP contribution >= 0.6 is 0 Å². The summed E-state index contributed by atoms with van der Waals surface area (Å²) in [7, 11) is 0. The molecule has 0 N–H and O–H groups in total. The van der Waals surface area contributed by atoms with Gasteiger partial charge in [0.2, 0.25) is 0 Å². The number of carbonyl (C=O) groups excluding carboxylic acids is 1. The first-order valence-corrected chi connectivity index (χ1v) is 12.8. The van der Waals surface area contributed by atoms with E-state index in [9.17, 15) is 9.18 Å². The highest BCUT2D eigenvalue weighted by atomic mass is 19.1. The molecule has 1 saturated heterocycles. The fourth-order valence-electron chi connectivity index (χ4n) is 4.78. The molecule has 0 aliphatic carbocycles. The molecule has 0 saturated carbocycles. The van der Waals surface area contributed by atoms with E-state index in [1.54, 1.807) is 12.1 Å². The van der Waals surface area contributed by atoms with E-state index in [1.165, 1.54) is 11.6 Å². The Morgan fingerprint density at radius 2 is 1.38 bits per heavy atom. The maximum atomic E-state index is 14.4. The third kappa shape index (κ3) is 6.73. The summed E-state index contributed by atoms with van der Waals surface area (Å²) in [5.74, 6) is 0.756. The van der Waals surface area contributed by atoms with Gasteiger partial charge >= 0.3 is 0 Å². The van der Waals surface area contributed by atoms with Crippen molar-refractivity contribution >= 4 is 5.91 Å². The topological polar surface area (TPSA) is 39.9 Å². The second-order valence-electron chi connectivity index (χ2n) is 9.54. The van der Waals surface area contributed by atoms with E-state index in [1.807, 2.05) is 47.4 Å². The Kier molecular flexibility index (Phi) is 8.08. The third-order valence-electron chi connectivity index (χ3n) is 6.76. The first kappa shape index (κ1) is 24.9. The Labute approximate surface area is 217 Å². The van der Waals surface area contributed by atoms with Crippen molar-refractivity contribution in [2.24, 2.45) is 0 Å². The zero-order chi connectivity index (χ0) is 25.5. The Morgan fingerprint density at radius 3 is 2.08 bits per heavy atom. The number of nitrogens with zero attached hydrogens (tertiary/aromatic N) is 3. The molecule has 5 rings (SSSR count). The summed E-state index contributed by atoms with van der Waals surface area (Å²) in [6, 6.07) is 31.0. The molecule has 4 aromatic rings. The van der Waals surface area contributed by atoms with Crippen LogP contribution in [0.15, 0.2) is 101 Å². The average molecular weight is 498 g/mol. The molecule has 5 nitrogen and oxygen atoms in total. The molecule has 6 heteroatoms. The predicted molar refractivity (Wildman–Crippen MR) is 142 cm³/mol. The van der Waals surface area contributed by atoms with Gasteiger partial charge in [-0.3, -0.25) is 14.6 Å². The summed E-state index contributed by atoms with van der Waals surface area (Å²) in [5, 5.41) is 0. The molecule has 2 heterocycles. The first-order chi connectivity index (χ1) is 18.1. The van der Waals surface area contributed by atoms with Gasteiger partial charge in [-0.2, -0.15) is 0 Å². The number of furan rings is 1. The van der Waals surface area contributed by atoms with Gasteiger partial charge in [0.1, 0.15) is 11.6 Å². The van der Waals surface area contributed by atoms with Crippen LogP contribution in [0.2, 0.25) is 0 Å². The standard InChI is InChI=1S/C31H32FN3O2/c32-29-14-8-7-13-27(29)23-34(22-26-11-5-2-6-12-26)24-28-15-16-30(37-28)31(36)35-19-17-33(18-20-35)21-25-9-3-1-4-10-25/h1-16H,17-24H2. The molecule has 0 spiro atoms. The normalized spacial score (nSPS) is 14.3. The van der Waals surface area contributed by atoms with Crippen molar-refractivity contribution in [3.05, 3.63) is 131 Å². The zero-order valence-corrected chi connectivity index (χ0v) is 20.9. The maximum Gasteiger partial charge on any atom is 0.289 e. The molecule has 0 bridgehead atoms. The molecule has 190 valence electrons. The minimum atomic E-state index is -0.220. The summed E-state index contributed by atoms with van der Waals surface area (Å²) in [6.45, 7) is 5.47. The Hall–Kier alpha value is -3.74. The lowest BCUT2D eigenvalue weighted by Gasteiger charge is -2.34. The van der Waals surface area contributed by atoms with Gasteiger partial charge in [-0.1, -0.05) is 78.9 Å². The monoisotopic (exact) mass is 497 g/mol. The molecular formula is C31H32FN3O2. The van der Waals surface area contributed by atoms with Crippen LogP contribution in [0.4, 0.5) is 4.39 Å². The molecule has 1 amide bonds. The van der Waals surface area contributed by atoms with Crippen LogP contribution in [0.3, 0.4) is 0 Å². The smallest absolute Gasteiger partial charge is 0.289 e. The largest absolute Gasteiger partial charge is 0.455 e. The van der Waals surface area contributed by atoms with Gasteiger partial charge in [0.25, 0.3) is 5.91 Å². The minimum Gasteiger partial charge on any atom is -0.455 e. The van der Waals surface area contributed by atoms with E-state index >= 15 is 0 Å². The Morgan fingerprint density at radius 1 is 0.730 bits per heavy atom. The highest BCUT2D eigenvalue weighted by Gasteiger charge is 2.24. The van der Waals surface area contributed by atoms with Crippen LogP contribution in [0.25, 0.3) is 0 Å². The summed E-state index contributed by atoms with van der Waals surface area (Å²) >= 11 is 0. The van der Waals surface area contributed by atoms with Gasteiger partial charge in [-0.15, -0.1) is 0 Å². The Bertz CT molecular complexity index is 1280. The first-order valence-electron chi connectivity index (χ1n) is 12.8. The zero-order valence-electron chi connectivity index (χ0n) is 20.9. The van der Waals surface area contributed by atoms with Crippen molar-refractivity contribution in [3.8, 4) is 0 Å². The van der Waals surface area contributed by atoms with E-state index in [0.717, 1.165) is 25.2 Å². The molecule has 0 radical (unpaired) electrons. The van der Waals surface area contributed by atoms with Crippen molar-refractivity contribution in [1.29, 1.82) is 0 Å². The number of halogens is 1. The summed E-state index contributed by atoms with van der Waals surface area (Å²) in [4.78, 5) is 19.5. The van der Waals surface area contributed by atoms with Crippen LogP contribution in [0.5, 0.6) is 0 Å². The van der Waals surface area contributed by atoms with Crippen molar-refractivity contribution in [2.45, 2.75) is 26.2 Å². The van der Waals surface area contributed by atoms with E-state index in [-0.39, 0.29) is 11.7 Å². The number of hydrogen-bond acceptors (Lipinski definition) is 4. The molecule has 1 aliphatic rings. The SMILES string of the molecule is O=C(c1ccc(CN(Cc2ccccc2)Cc2ccccc2F)o1)N1CCN(Cc2ccccc2)CC1. The number of rotatable bonds is 9. The van der Waals surface area contributed by atoms with Crippen LogP contribution in [-0.4, -0.2) is 46.8 Å². The maximum absolute atomic E-state index is 14.4. The Balaban J connectivity index is 1.21. The molecule has 1 aliphatic heterocycles. The molecule has 37 heavy (non-hydrogen) atoms. The second kappa shape index (κ2) is 12.0. The minimum absolute atomic E-state index is 0.0747. The van der Waals surface area contributed by atoms with Crippen LogP contribution in [-0.2, 0) is 26.2 Å². The van der Waals surface area contributed by atoms with E-state index < -0.39 is 0 Å². The molecule has 3 aromatic carbocycles. The van der Waals surface area contributed by atoms with Gasteiger partial charge in [0.05, 0.1) is 6.54 Å². The van der Waals surface area contributed by atoms with Crippen molar-refractivity contribution in [3.63, 3.8) is 0 Å². The van der Waals surface area contributed by atoms with Gasteiger partial charge in [0.15, 0.2) is 5.76 Å². The van der Waals surface area contributed by atoms with Crippen molar-refractivity contribution in [2.75, 3.05) is 26.2 Å². The highest BCUT2D eigenvalue weighted by molar-refractivity contribution is 5.91. The number of carbonyl (C=O) groups is 1. The molecular weight excluding hydrogens is 465 g/mol. The van der Waals surface area contributed by atoms with Gasteiger partial charge < -0.3 is 9.32 Å². The van der Waals surface area contributed by atoms with Crippen molar-refractivity contribution in [1.82, 2.24) is 14.7 Å². The van der Waals surface area contributed by atoms with Gasteiger partial charge in [-0.25, -0.2) is 4.39 Å². The quantitative estimate of drug-likeness (QED) is 0.303. The summed E-state index contributed by atoms with van der Waals surface area (Å²) in [5.41, 5.74) is 3.05. The third-order valence-corrected chi connectivity index (χ3v) is 6.76. The van der Waals surface area contributed by atoms with Crippen LogP contribution in [0.1, 0.15) is 33.0 Å². The number of amides is 1. The lowest BCUT2D eigenvalue weighted by atomic mass is 10.1. The highest BCUT2D eigenvalue weighted by Crippen LogP contribution is 2.19. The molecule has 0 unspecified atom stereocenters. The predicted octanol–water partition coefficient (Wildman–Crippen LogP) is 5.58. The van der Waals surface area contributed by atoms with Crippen molar-refractivity contribution < 1.29 is 13.6 Å². The lowest BCUT2D eigenvalue weighted by molar-refractivity contribution is 0.0594. The fourth-order valence-corrected chi connectivity index (χ4v) is 4.78. The van der Waals surface area contributed by atoms with Gasteiger partial charge in [-0.05, 0) is 29.3 Å². The van der Waals surface area contributed by atoms with E-state index in [2.05, 4.69) is 46.2 Å². The average Bonchev–Trinajstić information content (AvgIpc) is 3.40. The van der Waals surface area contributed by atoms with E-state index in [4.69, 9.17) is 4.42 Å². The fraction of sp³-hybridized carbons (Fsp3) is 0.258. The molecule has 0 atom stereocenters. The molecule has 1 aromatic heterocycles. The molecule has 1 fully saturated rings. The summed E-state index contributed by atoms with van der Waals surface area (Å²) < 4.78 is 20.4. The number of hydrogen-bond donors (Lipinski definition) is 0. The van der Waals surface area contributed by atoms with E-state index in [0.29, 0.717) is 49.8 Å². The van der Waals surface area contributed by atoms with Crippen LogP contribution < -0.4 is 0 Å². The summed E-state index contributed by atoms with van der Waals surface area (Å²) in [6.07, 6.45) is 0. The van der Waals surface area contributed by atoms with Crippen LogP contribution in [0, 0.1) is 5.82 Å². The second-order valence-corrected chi connectivity index (χ2v) is 9.54. The number of piperazine rings is 1. The lowest BCUT2D eigenvalue weighted by Crippen LogP contribution is -2.48. The number of benzene rings is 3. The van der Waals surface area contributed by atoms with Gasteiger partial charge in [0, 0.05) is 51.4 Å².